The summed E-state index contributed by atoms with van der Waals surface area (Å²) >= 11 is 0. The molecule has 0 saturated heterocycles. The van der Waals surface area contributed by atoms with Crippen molar-refractivity contribution in [1.29, 1.82) is 0 Å². The number of rotatable bonds is 5. The number of benzene rings is 2. The smallest absolute Gasteiger partial charge is 0.280 e. The third-order valence-corrected chi connectivity index (χ3v) is 4.19. The maximum absolute atomic E-state index is 5.40. The van der Waals surface area contributed by atoms with Gasteiger partial charge in [-0.25, -0.2) is 4.68 Å². The number of ether oxygens (including phenoxy) is 2. The van der Waals surface area contributed by atoms with Gasteiger partial charge in [-0.15, -0.1) is 5.10 Å². The van der Waals surface area contributed by atoms with Crippen LogP contribution in [0.15, 0.2) is 53.1 Å². The Hall–Kier alpha value is -3.68. The summed E-state index contributed by atoms with van der Waals surface area (Å²) < 4.78 is 17.5. The maximum atomic E-state index is 5.40. The van der Waals surface area contributed by atoms with Gasteiger partial charge in [0.2, 0.25) is 5.82 Å². The molecule has 2 aromatic carbocycles. The van der Waals surface area contributed by atoms with Crippen LogP contribution in [0.5, 0.6) is 11.5 Å². The zero-order chi connectivity index (χ0) is 18.8. The van der Waals surface area contributed by atoms with Gasteiger partial charge in [0, 0.05) is 5.56 Å². The van der Waals surface area contributed by atoms with Gasteiger partial charge in [-0.2, -0.15) is 4.98 Å². The minimum Gasteiger partial charge on any atom is -0.497 e. The first-order valence-corrected chi connectivity index (χ1v) is 8.25. The summed E-state index contributed by atoms with van der Waals surface area (Å²) in [5.74, 6) is 2.34. The van der Waals surface area contributed by atoms with Gasteiger partial charge >= 0.3 is 0 Å². The Morgan fingerprint density at radius 1 is 0.889 bits per heavy atom. The number of hydrogen-bond acceptors (Lipinski definition) is 7. The Bertz CT molecular complexity index is 1050. The number of aromatic nitrogens is 5. The second kappa shape index (κ2) is 6.91. The Kier molecular flexibility index (Phi) is 4.29. The minimum absolute atomic E-state index is 0.318. The highest BCUT2D eigenvalue weighted by Crippen LogP contribution is 2.26. The SMILES string of the molecule is COc1ccc(-c2noc(-c3nnn(-c4ccc(OC)cc4)c3C)n2)cc1. The summed E-state index contributed by atoms with van der Waals surface area (Å²) in [7, 11) is 3.25. The van der Waals surface area contributed by atoms with Crippen molar-refractivity contribution in [3.63, 3.8) is 0 Å². The van der Waals surface area contributed by atoms with E-state index in [1.807, 2.05) is 55.5 Å². The van der Waals surface area contributed by atoms with Crippen molar-refractivity contribution in [3.8, 4) is 40.2 Å². The Morgan fingerprint density at radius 3 is 2.15 bits per heavy atom. The van der Waals surface area contributed by atoms with Gasteiger partial charge in [0.05, 0.1) is 25.6 Å². The highest BCUT2D eigenvalue weighted by atomic mass is 16.5. The zero-order valence-electron chi connectivity index (χ0n) is 15.1. The number of nitrogens with zero attached hydrogens (tertiary/aromatic N) is 5. The van der Waals surface area contributed by atoms with E-state index in [0.29, 0.717) is 17.4 Å². The minimum atomic E-state index is 0.318. The molecule has 0 aliphatic carbocycles. The summed E-state index contributed by atoms with van der Waals surface area (Å²) in [6.07, 6.45) is 0. The van der Waals surface area contributed by atoms with Gasteiger partial charge in [-0.1, -0.05) is 10.4 Å². The van der Waals surface area contributed by atoms with E-state index in [0.717, 1.165) is 28.4 Å². The molecule has 0 N–H and O–H groups in total. The van der Waals surface area contributed by atoms with Gasteiger partial charge in [-0.05, 0) is 55.5 Å². The average molecular weight is 363 g/mol. The van der Waals surface area contributed by atoms with Crippen LogP contribution in [0, 0.1) is 6.92 Å². The Morgan fingerprint density at radius 2 is 1.52 bits per heavy atom. The van der Waals surface area contributed by atoms with Gasteiger partial charge < -0.3 is 14.0 Å². The third-order valence-electron chi connectivity index (χ3n) is 4.19. The van der Waals surface area contributed by atoms with E-state index >= 15 is 0 Å². The van der Waals surface area contributed by atoms with Crippen LogP contribution < -0.4 is 9.47 Å². The summed E-state index contributed by atoms with van der Waals surface area (Å²) in [4.78, 5) is 4.45. The molecule has 0 atom stereocenters. The van der Waals surface area contributed by atoms with E-state index in [1.165, 1.54) is 0 Å². The van der Waals surface area contributed by atoms with Crippen LogP contribution in [0.4, 0.5) is 0 Å². The standard InChI is InChI=1S/C19H17N5O3/c1-12-17(21-23-24(12)14-6-10-16(26-3)11-7-14)19-20-18(22-27-19)13-4-8-15(25-2)9-5-13/h4-11H,1-3H3. The van der Waals surface area contributed by atoms with Crippen molar-refractivity contribution in [2.45, 2.75) is 6.92 Å². The van der Waals surface area contributed by atoms with Gasteiger partial charge in [0.25, 0.3) is 5.89 Å². The monoisotopic (exact) mass is 363 g/mol. The topological polar surface area (TPSA) is 88.1 Å². The van der Waals surface area contributed by atoms with Crippen molar-refractivity contribution in [1.82, 2.24) is 25.1 Å². The first-order valence-electron chi connectivity index (χ1n) is 8.25. The molecule has 2 aromatic heterocycles. The largest absolute Gasteiger partial charge is 0.497 e. The van der Waals surface area contributed by atoms with Crippen LogP contribution in [-0.2, 0) is 0 Å². The molecule has 0 radical (unpaired) electrons. The van der Waals surface area contributed by atoms with Crippen molar-refractivity contribution >= 4 is 0 Å². The lowest BCUT2D eigenvalue weighted by Gasteiger charge is -2.04. The molecule has 0 spiro atoms. The summed E-state index contributed by atoms with van der Waals surface area (Å²) in [5.41, 5.74) is 3.02. The van der Waals surface area contributed by atoms with Crippen molar-refractivity contribution < 1.29 is 14.0 Å². The molecule has 27 heavy (non-hydrogen) atoms. The van der Waals surface area contributed by atoms with Crippen molar-refractivity contribution in [2.24, 2.45) is 0 Å². The highest BCUT2D eigenvalue weighted by Gasteiger charge is 2.19. The van der Waals surface area contributed by atoms with Gasteiger partial charge in [0.15, 0.2) is 5.69 Å². The lowest BCUT2D eigenvalue weighted by molar-refractivity contribution is 0.414. The van der Waals surface area contributed by atoms with Crippen LogP contribution in [0.3, 0.4) is 0 Å². The van der Waals surface area contributed by atoms with Crippen molar-refractivity contribution in [2.75, 3.05) is 14.2 Å². The molecule has 0 aliphatic heterocycles. The van der Waals surface area contributed by atoms with Gasteiger partial charge in [-0.3, -0.25) is 0 Å². The molecule has 0 unspecified atom stereocenters. The average Bonchev–Trinajstić information content (AvgIpc) is 3.35. The molecule has 0 saturated carbocycles. The van der Waals surface area contributed by atoms with Crippen LogP contribution >= 0.6 is 0 Å². The van der Waals surface area contributed by atoms with Crippen LogP contribution in [0.25, 0.3) is 28.7 Å². The molecule has 2 heterocycles. The predicted octanol–water partition coefficient (Wildman–Crippen LogP) is 3.31. The molecular weight excluding hydrogens is 346 g/mol. The fourth-order valence-electron chi connectivity index (χ4n) is 2.67. The molecule has 0 fully saturated rings. The summed E-state index contributed by atoms with van der Waals surface area (Å²) in [6.45, 7) is 1.90. The first-order chi connectivity index (χ1) is 13.2. The molecule has 0 amide bonds. The van der Waals surface area contributed by atoms with E-state index < -0.39 is 0 Å². The second-order valence-corrected chi connectivity index (χ2v) is 5.78. The maximum Gasteiger partial charge on any atom is 0.280 e. The van der Waals surface area contributed by atoms with Crippen LogP contribution in [0.1, 0.15) is 5.69 Å². The van der Waals surface area contributed by atoms with E-state index in [1.54, 1.807) is 18.9 Å². The van der Waals surface area contributed by atoms with E-state index in [-0.39, 0.29) is 0 Å². The molecule has 0 aliphatic rings. The summed E-state index contributed by atoms with van der Waals surface area (Å²) in [6, 6.07) is 15.0. The lowest BCUT2D eigenvalue weighted by atomic mass is 10.2. The summed E-state index contributed by atoms with van der Waals surface area (Å²) in [5, 5.41) is 12.5. The molecular formula is C19H17N5O3. The fraction of sp³-hybridized carbons (Fsp3) is 0.158. The lowest BCUT2D eigenvalue weighted by Crippen LogP contribution is -1.99. The normalized spacial score (nSPS) is 10.8. The second-order valence-electron chi connectivity index (χ2n) is 5.78. The number of methoxy groups -OCH3 is 2. The molecule has 4 aromatic rings. The molecule has 0 bridgehead atoms. The first kappa shape index (κ1) is 16.8. The van der Waals surface area contributed by atoms with Crippen LogP contribution in [0.2, 0.25) is 0 Å². The van der Waals surface area contributed by atoms with E-state index in [2.05, 4.69) is 20.5 Å². The molecule has 8 heteroatoms. The highest BCUT2D eigenvalue weighted by molar-refractivity contribution is 5.60. The van der Waals surface area contributed by atoms with Crippen molar-refractivity contribution in [3.05, 3.63) is 54.2 Å². The Balaban J connectivity index is 1.64. The van der Waals surface area contributed by atoms with E-state index in [4.69, 9.17) is 14.0 Å². The third kappa shape index (κ3) is 3.12. The predicted molar refractivity (Wildman–Crippen MR) is 97.9 cm³/mol. The van der Waals surface area contributed by atoms with Crippen LogP contribution in [-0.4, -0.2) is 39.4 Å². The van der Waals surface area contributed by atoms with E-state index in [9.17, 15) is 0 Å². The zero-order valence-corrected chi connectivity index (χ0v) is 15.1. The van der Waals surface area contributed by atoms with Gasteiger partial charge in [0.1, 0.15) is 11.5 Å². The molecule has 4 rings (SSSR count). The quantitative estimate of drug-likeness (QED) is 0.537. The molecule has 136 valence electrons. The fourth-order valence-corrected chi connectivity index (χ4v) is 2.67. The Labute approximate surface area is 155 Å². The molecule has 8 nitrogen and oxygen atoms in total. The number of hydrogen-bond donors (Lipinski definition) is 0.